The Hall–Kier alpha value is -2.42. The maximum Gasteiger partial charge on any atom is 0.0440 e. The molecule has 0 spiro atoms. The molecule has 0 radical (unpaired) electrons. The van der Waals surface area contributed by atoms with Gasteiger partial charge in [-0.3, -0.25) is 0 Å². The summed E-state index contributed by atoms with van der Waals surface area (Å²) in [6.07, 6.45) is 7.87. The molecule has 0 amide bonds. The van der Waals surface area contributed by atoms with E-state index in [1.807, 2.05) is 11.3 Å². The fraction of sp³-hybridized carbons (Fsp3) is 0.0769. The lowest BCUT2D eigenvalue weighted by Gasteiger charge is -2.13. The van der Waals surface area contributed by atoms with Crippen LogP contribution in [-0.4, -0.2) is 4.83 Å². The Kier molecular flexibility index (Phi) is 3.72. The fourth-order valence-electron chi connectivity index (χ4n) is 4.39. The summed E-state index contributed by atoms with van der Waals surface area (Å²) in [4.78, 5) is 0.454. The number of hydrogen-bond donors (Lipinski definition) is 0. The van der Waals surface area contributed by atoms with E-state index < -0.39 is 0 Å². The Balaban J connectivity index is 1.76. The second-order valence-electron chi connectivity index (χ2n) is 7.38. The quantitative estimate of drug-likeness (QED) is 0.181. The minimum atomic E-state index is 0.454. The summed E-state index contributed by atoms with van der Waals surface area (Å²) in [5.41, 5.74) is 2.62. The van der Waals surface area contributed by atoms with Crippen LogP contribution in [0.3, 0.4) is 0 Å². The number of halogens is 1. The molecule has 0 saturated heterocycles. The normalized spacial score (nSPS) is 17.0. The number of benzene rings is 4. The summed E-state index contributed by atoms with van der Waals surface area (Å²) in [6, 6.07) is 24.6. The van der Waals surface area contributed by atoms with Crippen molar-refractivity contribution in [3.8, 4) is 0 Å². The molecule has 1 atom stereocenters. The van der Waals surface area contributed by atoms with E-state index in [9.17, 15) is 0 Å². The second kappa shape index (κ2) is 6.30. The lowest BCUT2D eigenvalue weighted by atomic mass is 9.93. The molecule has 0 nitrogen and oxygen atoms in total. The first-order valence-electron chi connectivity index (χ1n) is 9.58. The summed E-state index contributed by atoms with van der Waals surface area (Å²) in [5, 5.41) is 8.17. The summed E-state index contributed by atoms with van der Waals surface area (Å²) in [6.45, 7) is 0. The van der Waals surface area contributed by atoms with E-state index in [0.717, 1.165) is 6.42 Å². The maximum atomic E-state index is 3.68. The molecule has 4 aromatic carbocycles. The summed E-state index contributed by atoms with van der Waals surface area (Å²) in [5.74, 6) is 0. The van der Waals surface area contributed by atoms with E-state index in [-0.39, 0.29) is 0 Å². The van der Waals surface area contributed by atoms with Gasteiger partial charge in [-0.1, -0.05) is 88.8 Å². The first-order chi connectivity index (χ1) is 13.8. The number of allylic oxidation sites excluding steroid dienone is 4. The molecule has 5 aromatic rings. The van der Waals surface area contributed by atoms with Crippen LogP contribution in [0.1, 0.15) is 12.0 Å². The van der Waals surface area contributed by atoms with Crippen LogP contribution in [0.25, 0.3) is 47.3 Å². The highest BCUT2D eigenvalue weighted by Gasteiger charge is 2.15. The van der Waals surface area contributed by atoms with E-state index >= 15 is 0 Å². The van der Waals surface area contributed by atoms with Gasteiger partial charge in [-0.25, -0.2) is 0 Å². The van der Waals surface area contributed by atoms with Crippen LogP contribution < -0.4 is 0 Å². The van der Waals surface area contributed by atoms with Crippen LogP contribution in [0, 0.1) is 0 Å². The molecule has 1 aliphatic carbocycles. The minimum absolute atomic E-state index is 0.454. The average Bonchev–Trinajstić information content (AvgIpc) is 3.14. The molecule has 0 bridgehead atoms. The third-order valence-electron chi connectivity index (χ3n) is 5.73. The van der Waals surface area contributed by atoms with E-state index in [1.54, 1.807) is 0 Å². The van der Waals surface area contributed by atoms with Gasteiger partial charge < -0.3 is 0 Å². The van der Waals surface area contributed by atoms with Gasteiger partial charge in [0, 0.05) is 30.4 Å². The van der Waals surface area contributed by atoms with Gasteiger partial charge >= 0.3 is 0 Å². The maximum absolute atomic E-state index is 3.68. The molecule has 0 saturated carbocycles. The van der Waals surface area contributed by atoms with Crippen LogP contribution in [-0.2, 0) is 0 Å². The standard InChI is InChI=1S/C26H17BrS/c27-18-12-9-16(10-13-18)17-11-14-20-19-5-1-2-6-21(19)25-22-7-3-4-8-24(22)28-26(25)23(20)15-17/h1-12,14-15,18H,13H2. The largest absolute Gasteiger partial charge is 0.135 e. The molecule has 1 unspecified atom stereocenters. The van der Waals surface area contributed by atoms with Crippen LogP contribution in [0.2, 0.25) is 0 Å². The molecule has 134 valence electrons. The zero-order valence-corrected chi connectivity index (χ0v) is 17.6. The van der Waals surface area contributed by atoms with Gasteiger partial charge in [0.05, 0.1) is 0 Å². The summed E-state index contributed by atoms with van der Waals surface area (Å²) < 4.78 is 2.76. The highest BCUT2D eigenvalue weighted by atomic mass is 79.9. The van der Waals surface area contributed by atoms with Crippen molar-refractivity contribution in [3.05, 3.63) is 90.5 Å². The summed E-state index contributed by atoms with van der Waals surface area (Å²) in [7, 11) is 0. The third-order valence-corrected chi connectivity index (χ3v) is 7.61. The molecular weight excluding hydrogens is 424 g/mol. The Morgan fingerprint density at radius 2 is 1.54 bits per heavy atom. The number of fused-ring (bicyclic) bond motifs is 8. The van der Waals surface area contributed by atoms with Gasteiger partial charge in [0.15, 0.2) is 0 Å². The lowest BCUT2D eigenvalue weighted by Crippen LogP contribution is -1.96. The monoisotopic (exact) mass is 440 g/mol. The molecule has 1 aromatic heterocycles. The molecule has 1 heterocycles. The predicted molar refractivity (Wildman–Crippen MR) is 129 cm³/mol. The Labute approximate surface area is 175 Å². The molecule has 0 N–H and O–H groups in total. The molecule has 0 fully saturated rings. The Morgan fingerprint density at radius 1 is 0.786 bits per heavy atom. The SMILES string of the molecule is BrC1C=CC(c2ccc3c4ccccc4c4c5ccccc5sc4c3c2)=CC1. The number of alkyl halides is 1. The summed E-state index contributed by atoms with van der Waals surface area (Å²) >= 11 is 5.59. The highest BCUT2D eigenvalue weighted by Crippen LogP contribution is 2.44. The fourth-order valence-corrected chi connectivity index (χ4v) is 5.98. The predicted octanol–water partition coefficient (Wildman–Crippen LogP) is 8.47. The van der Waals surface area contributed by atoms with E-state index in [4.69, 9.17) is 0 Å². The van der Waals surface area contributed by atoms with Crippen molar-refractivity contribution in [3.63, 3.8) is 0 Å². The lowest BCUT2D eigenvalue weighted by molar-refractivity contribution is 1.08. The van der Waals surface area contributed by atoms with Crippen LogP contribution in [0.5, 0.6) is 0 Å². The van der Waals surface area contributed by atoms with Gasteiger partial charge in [-0.2, -0.15) is 0 Å². The first kappa shape index (κ1) is 16.5. The van der Waals surface area contributed by atoms with Crippen LogP contribution in [0.4, 0.5) is 0 Å². The molecule has 6 rings (SSSR count). The van der Waals surface area contributed by atoms with Crippen molar-refractivity contribution >= 4 is 74.6 Å². The number of rotatable bonds is 1. The van der Waals surface area contributed by atoms with Gasteiger partial charge in [0.1, 0.15) is 0 Å². The van der Waals surface area contributed by atoms with Gasteiger partial charge in [-0.15, -0.1) is 11.3 Å². The number of thiophene rings is 1. The smallest absolute Gasteiger partial charge is 0.0440 e. The molecule has 2 heteroatoms. The van der Waals surface area contributed by atoms with Gasteiger partial charge in [0.2, 0.25) is 0 Å². The van der Waals surface area contributed by atoms with Crippen molar-refractivity contribution < 1.29 is 0 Å². The third kappa shape index (κ3) is 2.41. The molecular formula is C26H17BrS. The molecule has 1 aliphatic rings. The molecule has 28 heavy (non-hydrogen) atoms. The van der Waals surface area contributed by atoms with E-state index in [1.165, 1.54) is 52.9 Å². The van der Waals surface area contributed by atoms with Gasteiger partial charge in [-0.05, 0) is 45.8 Å². The number of hydrogen-bond acceptors (Lipinski definition) is 1. The topological polar surface area (TPSA) is 0 Å². The zero-order valence-electron chi connectivity index (χ0n) is 15.2. The van der Waals surface area contributed by atoms with E-state index in [2.05, 4.69) is 101 Å². The minimum Gasteiger partial charge on any atom is -0.135 e. The Bertz CT molecular complexity index is 1450. The average molecular weight is 441 g/mol. The zero-order chi connectivity index (χ0) is 18.7. The molecule has 0 aliphatic heterocycles. The van der Waals surface area contributed by atoms with Crippen LogP contribution in [0.15, 0.2) is 85.0 Å². The van der Waals surface area contributed by atoms with Crippen molar-refractivity contribution in [2.24, 2.45) is 0 Å². The first-order valence-corrected chi connectivity index (χ1v) is 11.3. The van der Waals surface area contributed by atoms with Crippen molar-refractivity contribution in [1.29, 1.82) is 0 Å². The second-order valence-corrected chi connectivity index (χ2v) is 9.61. The van der Waals surface area contributed by atoms with Crippen LogP contribution >= 0.6 is 27.3 Å². The van der Waals surface area contributed by atoms with Crippen molar-refractivity contribution in [2.45, 2.75) is 11.2 Å². The van der Waals surface area contributed by atoms with Crippen molar-refractivity contribution in [2.75, 3.05) is 0 Å². The van der Waals surface area contributed by atoms with E-state index in [0.29, 0.717) is 4.83 Å². The Morgan fingerprint density at radius 3 is 2.36 bits per heavy atom. The van der Waals surface area contributed by atoms with Gasteiger partial charge in [0.25, 0.3) is 0 Å². The highest BCUT2D eigenvalue weighted by molar-refractivity contribution is 9.09. The van der Waals surface area contributed by atoms with Crippen molar-refractivity contribution in [1.82, 2.24) is 0 Å².